The molecule has 0 aliphatic carbocycles. The number of ether oxygens (including phenoxy) is 3. The van der Waals surface area contributed by atoms with E-state index in [1.807, 2.05) is 0 Å². The van der Waals surface area contributed by atoms with E-state index in [0.717, 1.165) is 0 Å². The highest BCUT2D eigenvalue weighted by molar-refractivity contribution is 9.10. The van der Waals surface area contributed by atoms with Crippen LogP contribution in [0.1, 0.15) is 86.8 Å². The normalized spacial score (nSPS) is 16.1. The Bertz CT molecular complexity index is 1040. The number of imide groups is 1. The molecule has 0 bridgehead atoms. The number of aliphatic carboxylic acids is 1. The van der Waals surface area contributed by atoms with Gasteiger partial charge in [-0.1, -0.05) is 15.9 Å². The predicted molar refractivity (Wildman–Crippen MR) is 143 cm³/mol. The van der Waals surface area contributed by atoms with Crippen LogP contribution in [0.5, 0.6) is 0 Å². The molecule has 1 unspecified atom stereocenters. The second-order valence-electron chi connectivity index (χ2n) is 11.9. The monoisotopic (exact) mass is 599 g/mol. The molecule has 11 nitrogen and oxygen atoms in total. The molecule has 2 rings (SSSR count). The number of halogens is 1. The Morgan fingerprint density at radius 2 is 1.39 bits per heavy atom. The van der Waals surface area contributed by atoms with Gasteiger partial charge in [-0.3, -0.25) is 14.6 Å². The van der Waals surface area contributed by atoms with Crippen LogP contribution in [0.3, 0.4) is 0 Å². The number of hydrogen-bond donors (Lipinski definition) is 1. The Labute approximate surface area is 232 Å². The van der Waals surface area contributed by atoms with Crippen molar-refractivity contribution >= 4 is 45.7 Å². The number of carboxylic acid groups (broad SMARTS) is 1. The molecular weight excluding hydrogens is 562 g/mol. The lowest BCUT2D eigenvalue weighted by Crippen LogP contribution is -2.59. The minimum atomic E-state index is -1.08. The predicted octanol–water partition coefficient (Wildman–Crippen LogP) is 5.82. The summed E-state index contributed by atoms with van der Waals surface area (Å²) in [6, 6.07) is 4.28. The van der Waals surface area contributed by atoms with Gasteiger partial charge in [-0.25, -0.2) is 9.59 Å². The van der Waals surface area contributed by atoms with E-state index in [4.69, 9.17) is 14.2 Å². The van der Waals surface area contributed by atoms with Crippen molar-refractivity contribution in [3.8, 4) is 0 Å². The number of hydrazine groups is 2. The number of carboxylic acids is 1. The van der Waals surface area contributed by atoms with Gasteiger partial charge >= 0.3 is 24.1 Å². The smallest absolute Gasteiger partial charge is 0.436 e. The van der Waals surface area contributed by atoms with Gasteiger partial charge in [-0.05, 0) is 86.1 Å². The van der Waals surface area contributed by atoms with Crippen LogP contribution in [0.2, 0.25) is 0 Å². The number of esters is 1. The number of rotatable bonds is 6. The maximum absolute atomic E-state index is 13.5. The van der Waals surface area contributed by atoms with Crippen molar-refractivity contribution in [3.63, 3.8) is 0 Å². The zero-order valence-corrected chi connectivity index (χ0v) is 25.0. The summed E-state index contributed by atoms with van der Waals surface area (Å²) in [5.41, 5.74) is -1.63. The first-order valence-corrected chi connectivity index (χ1v) is 13.0. The first-order valence-electron chi connectivity index (χ1n) is 12.2. The molecule has 0 radical (unpaired) electrons. The number of anilines is 1. The molecule has 0 saturated heterocycles. The minimum absolute atomic E-state index is 0.114. The van der Waals surface area contributed by atoms with Crippen molar-refractivity contribution in [2.45, 2.75) is 98.0 Å². The fraction of sp³-hybridized carbons (Fsp3) is 0.615. The lowest BCUT2D eigenvalue weighted by molar-refractivity contribution is -0.159. The van der Waals surface area contributed by atoms with Gasteiger partial charge in [0.25, 0.3) is 0 Å². The van der Waals surface area contributed by atoms with E-state index < -0.39 is 47.0 Å². The van der Waals surface area contributed by atoms with Crippen molar-refractivity contribution in [3.05, 3.63) is 28.2 Å². The molecule has 0 fully saturated rings. The molecule has 1 aromatic rings. The highest BCUT2D eigenvalue weighted by Gasteiger charge is 2.48. The molecule has 0 aromatic heterocycles. The van der Waals surface area contributed by atoms with Crippen LogP contribution in [0.15, 0.2) is 22.7 Å². The topological polar surface area (TPSA) is 126 Å². The summed E-state index contributed by atoms with van der Waals surface area (Å²) in [6.45, 7) is 15.0. The van der Waals surface area contributed by atoms with Gasteiger partial charge in [0, 0.05) is 11.0 Å². The zero-order chi connectivity index (χ0) is 29.2. The molecule has 1 atom stereocenters. The summed E-state index contributed by atoms with van der Waals surface area (Å²) < 4.78 is 17.3. The number of carbonyl (C=O) groups excluding carboxylic acids is 3. The van der Waals surface area contributed by atoms with Crippen LogP contribution >= 0.6 is 15.9 Å². The van der Waals surface area contributed by atoms with E-state index in [-0.39, 0.29) is 19.4 Å². The third-order valence-electron chi connectivity index (χ3n) is 4.81. The van der Waals surface area contributed by atoms with Gasteiger partial charge in [0.1, 0.15) is 16.8 Å². The van der Waals surface area contributed by atoms with Crippen LogP contribution in [0.4, 0.5) is 15.3 Å². The van der Waals surface area contributed by atoms with E-state index in [0.29, 0.717) is 20.7 Å². The van der Waals surface area contributed by atoms with E-state index in [1.54, 1.807) is 80.5 Å². The van der Waals surface area contributed by atoms with Gasteiger partial charge in [0.15, 0.2) is 0 Å². The van der Waals surface area contributed by atoms with Gasteiger partial charge in [0.2, 0.25) is 0 Å². The summed E-state index contributed by atoms with van der Waals surface area (Å²) >= 11 is 3.44. The molecule has 1 aliphatic heterocycles. The maximum atomic E-state index is 13.5. The molecule has 12 heteroatoms. The molecule has 1 N–H and O–H groups in total. The van der Waals surface area contributed by atoms with Crippen LogP contribution in [-0.4, -0.2) is 62.7 Å². The fourth-order valence-corrected chi connectivity index (χ4v) is 4.07. The highest BCUT2D eigenvalue weighted by Crippen LogP contribution is 2.45. The lowest BCUT2D eigenvalue weighted by atomic mass is 10.0. The molecule has 0 saturated carbocycles. The van der Waals surface area contributed by atoms with Crippen molar-refractivity contribution < 1.29 is 38.5 Å². The van der Waals surface area contributed by atoms with Gasteiger partial charge < -0.3 is 19.3 Å². The van der Waals surface area contributed by atoms with Crippen LogP contribution in [-0.2, 0) is 23.8 Å². The molecule has 1 aromatic carbocycles. The minimum Gasteiger partial charge on any atom is -0.481 e. The second kappa shape index (κ2) is 11.5. The summed E-state index contributed by atoms with van der Waals surface area (Å²) in [6.07, 6.45) is -2.67. The molecule has 1 aliphatic rings. The molecule has 0 spiro atoms. The number of hydrogen-bond acceptors (Lipinski definition) is 9. The van der Waals surface area contributed by atoms with Gasteiger partial charge in [-0.15, -0.1) is 10.1 Å². The van der Waals surface area contributed by atoms with Crippen molar-refractivity contribution in [2.75, 3.05) is 11.6 Å². The van der Waals surface area contributed by atoms with Crippen molar-refractivity contribution in [1.82, 2.24) is 10.1 Å². The third kappa shape index (κ3) is 8.87. The number of nitrogens with zero attached hydrogens (tertiary/aromatic N) is 3. The van der Waals surface area contributed by atoms with Crippen molar-refractivity contribution in [1.29, 1.82) is 0 Å². The van der Waals surface area contributed by atoms with Crippen LogP contribution < -0.4 is 5.01 Å². The largest absolute Gasteiger partial charge is 0.481 e. The van der Waals surface area contributed by atoms with Gasteiger partial charge in [-0.2, -0.15) is 0 Å². The molecule has 2 amide bonds. The Kier molecular flexibility index (Phi) is 9.48. The standard InChI is InChI=1S/C26H38BrN3O8/c1-24(2,3)36-21(33)15-19-17-14-16(27)10-11-18(17)28(13-12-20(31)32)30(19)29(22(34)37-25(4,5)6)23(35)38-26(7,8)9/h10-11,14,19H,12-13,15H2,1-9H3,(H,31,32). The number of amides is 2. The first kappa shape index (κ1) is 31.4. The molecular formula is C26H38BrN3O8. The highest BCUT2D eigenvalue weighted by atomic mass is 79.9. The van der Waals surface area contributed by atoms with E-state index in [2.05, 4.69) is 15.9 Å². The summed E-state index contributed by atoms with van der Waals surface area (Å²) in [4.78, 5) is 51.6. The first-order chi connectivity index (χ1) is 17.2. The average Bonchev–Trinajstić information content (AvgIpc) is 2.94. The summed E-state index contributed by atoms with van der Waals surface area (Å²) in [7, 11) is 0. The quantitative estimate of drug-likeness (QED) is 0.315. The maximum Gasteiger partial charge on any atom is 0.436 e. The lowest BCUT2D eigenvalue weighted by Gasteiger charge is -2.40. The average molecular weight is 601 g/mol. The van der Waals surface area contributed by atoms with E-state index >= 15 is 0 Å². The Hall–Kier alpha value is -2.86. The van der Waals surface area contributed by atoms with E-state index in [9.17, 15) is 24.3 Å². The Morgan fingerprint density at radius 1 is 0.895 bits per heavy atom. The number of carbonyl (C=O) groups is 4. The zero-order valence-electron chi connectivity index (χ0n) is 23.5. The SMILES string of the molecule is CC(C)(C)OC(=O)CC1c2cc(Br)ccc2N(CCC(=O)O)N1N(C(=O)OC(C)(C)C)C(=O)OC(C)(C)C. The fourth-order valence-electron chi connectivity index (χ4n) is 3.69. The van der Waals surface area contributed by atoms with E-state index in [1.165, 1.54) is 10.1 Å². The number of benzene rings is 1. The Balaban J connectivity index is 2.72. The van der Waals surface area contributed by atoms with Crippen molar-refractivity contribution in [2.24, 2.45) is 0 Å². The molecule has 212 valence electrons. The molecule has 38 heavy (non-hydrogen) atoms. The summed E-state index contributed by atoms with van der Waals surface area (Å²) in [5.74, 6) is -1.66. The molecule has 1 heterocycles. The van der Waals surface area contributed by atoms with Crippen LogP contribution in [0, 0.1) is 0 Å². The van der Waals surface area contributed by atoms with Gasteiger partial charge in [0.05, 0.1) is 24.6 Å². The van der Waals surface area contributed by atoms with Crippen LogP contribution in [0.25, 0.3) is 0 Å². The Morgan fingerprint density at radius 3 is 1.84 bits per heavy atom. The number of fused-ring (bicyclic) bond motifs is 1. The third-order valence-corrected chi connectivity index (χ3v) is 5.30. The summed E-state index contributed by atoms with van der Waals surface area (Å²) in [5, 5.41) is 12.8. The second-order valence-corrected chi connectivity index (χ2v) is 12.8.